The van der Waals surface area contributed by atoms with E-state index in [1.165, 1.54) is 133 Å². The highest BCUT2D eigenvalue weighted by atomic mass is 14.8. The lowest BCUT2D eigenvalue weighted by atomic mass is 9.90. The van der Waals surface area contributed by atoms with E-state index in [9.17, 15) is 0 Å². The molecule has 424 valence electrons. The molecule has 8 heteroatoms. The first-order valence-electron chi connectivity index (χ1n) is 31.9. The Labute approximate surface area is 483 Å². The van der Waals surface area contributed by atoms with Gasteiger partial charge in [-0.1, -0.05) is 111 Å². The third-order valence-electron chi connectivity index (χ3n) is 18.8. The Balaban J connectivity index is 1.47. The third kappa shape index (κ3) is 9.54. The van der Waals surface area contributed by atoms with Crippen molar-refractivity contribution in [3.05, 3.63) is 138 Å². The highest BCUT2D eigenvalue weighted by Crippen LogP contribution is 2.45. The Morgan fingerprint density at radius 1 is 0.222 bits per heavy atom. The van der Waals surface area contributed by atoms with Gasteiger partial charge in [-0.3, -0.25) is 0 Å². The summed E-state index contributed by atoms with van der Waals surface area (Å²) in [4.78, 5) is 39.7. The van der Waals surface area contributed by atoms with Gasteiger partial charge in [-0.05, 0) is 228 Å². The molecular weight excluding hydrogens is 989 g/mol. The van der Waals surface area contributed by atoms with Gasteiger partial charge in [0.05, 0.1) is 45.6 Å². The van der Waals surface area contributed by atoms with Gasteiger partial charge in [-0.25, -0.2) is 19.9 Å². The number of fused-ring (bicyclic) bond motifs is 16. The maximum Gasteiger partial charge on any atom is 0.0728 e. The van der Waals surface area contributed by atoms with Crippen LogP contribution in [-0.4, -0.2) is 39.9 Å². The van der Waals surface area contributed by atoms with Crippen molar-refractivity contribution in [3.8, 4) is 0 Å². The van der Waals surface area contributed by atoms with E-state index in [1.54, 1.807) is 0 Å². The van der Waals surface area contributed by atoms with Crippen LogP contribution in [0.3, 0.4) is 0 Å². The highest BCUT2D eigenvalue weighted by molar-refractivity contribution is 6.00. The number of hydrogen-bond donors (Lipinski definition) is 4. The van der Waals surface area contributed by atoms with Gasteiger partial charge in [-0.2, -0.15) is 0 Å². The van der Waals surface area contributed by atoms with Crippen LogP contribution in [0, 0.1) is 0 Å². The van der Waals surface area contributed by atoms with Crippen LogP contribution in [0.2, 0.25) is 0 Å². The Kier molecular flexibility index (Phi) is 17.0. The quantitative estimate of drug-likeness (QED) is 0.0686. The van der Waals surface area contributed by atoms with E-state index in [-0.39, 0.29) is 0 Å². The zero-order valence-corrected chi connectivity index (χ0v) is 52.3. The van der Waals surface area contributed by atoms with Gasteiger partial charge in [0.25, 0.3) is 0 Å². The molecule has 6 aromatic heterocycles. The third-order valence-corrected chi connectivity index (χ3v) is 18.8. The molecule has 10 heterocycles. The predicted octanol–water partition coefficient (Wildman–Crippen LogP) is 20.0. The van der Waals surface area contributed by atoms with E-state index >= 15 is 0 Å². The zero-order chi connectivity index (χ0) is 57.6. The summed E-state index contributed by atoms with van der Waals surface area (Å²) >= 11 is 0. The topological polar surface area (TPSA) is 115 Å². The fraction of sp³-hybridized carbons (Fsp3) is 0.452. The molecule has 6 aromatic rings. The monoisotopic (exact) mass is 1080 g/mol. The van der Waals surface area contributed by atoms with Crippen LogP contribution in [0.4, 0.5) is 0 Å². The van der Waals surface area contributed by atoms with Gasteiger partial charge in [0.15, 0.2) is 0 Å². The number of H-pyrrole nitrogens is 4. The van der Waals surface area contributed by atoms with Crippen molar-refractivity contribution in [2.24, 2.45) is 0 Å². The van der Waals surface area contributed by atoms with Gasteiger partial charge in [-0.15, -0.1) is 0 Å². The van der Waals surface area contributed by atoms with E-state index < -0.39 is 0 Å². The minimum atomic E-state index is 0.618. The van der Waals surface area contributed by atoms with Gasteiger partial charge < -0.3 is 19.9 Å². The van der Waals surface area contributed by atoms with Crippen LogP contribution in [0.5, 0.6) is 0 Å². The summed E-state index contributed by atoms with van der Waals surface area (Å²) < 4.78 is 0. The minimum Gasteiger partial charge on any atom is -0.355 e. The van der Waals surface area contributed by atoms with Gasteiger partial charge in [0.2, 0.25) is 0 Å². The van der Waals surface area contributed by atoms with Crippen LogP contribution in [0.25, 0.3) is 88.7 Å². The molecule has 16 bridgehead atoms. The van der Waals surface area contributed by atoms with E-state index in [2.05, 4.69) is 167 Å². The Hall–Kier alpha value is -6.80. The molecule has 4 N–H and O–H groups in total. The van der Waals surface area contributed by atoms with Crippen LogP contribution < -0.4 is 0 Å². The van der Waals surface area contributed by atoms with E-state index in [0.717, 1.165) is 159 Å². The molecule has 81 heavy (non-hydrogen) atoms. The molecule has 0 radical (unpaired) electrons. The summed E-state index contributed by atoms with van der Waals surface area (Å²) in [6.45, 7) is 37.1. The number of rotatable bonds is 18. The first-order valence-corrected chi connectivity index (χ1v) is 31.9. The first-order chi connectivity index (χ1) is 39.4. The number of aromatic amines is 4. The molecule has 10 rings (SSSR count). The van der Waals surface area contributed by atoms with Crippen LogP contribution in [0.1, 0.15) is 263 Å². The smallest absolute Gasteiger partial charge is 0.0728 e. The number of nitrogens with one attached hydrogen (secondary N) is 4. The van der Waals surface area contributed by atoms with Crippen molar-refractivity contribution in [1.29, 1.82) is 0 Å². The van der Waals surface area contributed by atoms with Crippen molar-refractivity contribution in [2.75, 3.05) is 0 Å². The molecular formula is C73H92N8. The zero-order valence-electron chi connectivity index (χ0n) is 52.3. The van der Waals surface area contributed by atoms with Gasteiger partial charge >= 0.3 is 0 Å². The molecule has 0 aliphatic carbocycles. The first kappa shape index (κ1) is 57.4. The van der Waals surface area contributed by atoms with E-state index in [4.69, 9.17) is 19.9 Å². The maximum absolute atomic E-state index is 6.01. The summed E-state index contributed by atoms with van der Waals surface area (Å²) in [6, 6.07) is 14.3. The maximum atomic E-state index is 6.01. The SMILES string of the molecule is CCC1=C(CC)c2cc3[nH]c(cc4[nH]c(c(Cc5c6nc(cc7[nH]c(cc8nc(cc9[nH]c5c(CC)c9CC)C(CC)=C8CC)c(CC)c7CC)C(CC)=C6CC)c5nc(cc1n2)C(CC)=C5CC)c(CC)c4CC)c(CC)c3CC. The van der Waals surface area contributed by atoms with E-state index in [0.29, 0.717) is 6.42 Å². The number of allylic oxidation sites excluding steroid dienone is 8. The lowest BCUT2D eigenvalue weighted by Gasteiger charge is -2.14. The molecule has 8 nitrogen and oxygen atoms in total. The Morgan fingerprint density at radius 2 is 0.457 bits per heavy atom. The molecule has 0 saturated carbocycles. The Morgan fingerprint density at radius 3 is 0.765 bits per heavy atom. The number of aromatic nitrogens is 8. The number of nitrogens with zero attached hydrogens (tertiary/aromatic N) is 4. The van der Waals surface area contributed by atoms with Gasteiger partial charge in [0, 0.05) is 61.7 Å². The Bertz CT molecular complexity index is 3970. The average Bonchev–Trinajstić information content (AvgIpc) is 4.41. The molecule has 0 atom stereocenters. The lowest BCUT2D eigenvalue weighted by Crippen LogP contribution is -2.03. The van der Waals surface area contributed by atoms with Crippen molar-refractivity contribution in [2.45, 2.75) is 220 Å². The lowest BCUT2D eigenvalue weighted by molar-refractivity contribution is 1.05. The second-order valence-electron chi connectivity index (χ2n) is 22.5. The van der Waals surface area contributed by atoms with Crippen molar-refractivity contribution in [3.63, 3.8) is 0 Å². The summed E-state index contributed by atoms with van der Waals surface area (Å²) in [5, 5.41) is 0. The number of hydrogen-bond acceptors (Lipinski definition) is 4. The molecule has 0 spiro atoms. The minimum absolute atomic E-state index is 0.618. The summed E-state index contributed by atoms with van der Waals surface area (Å²) in [5.41, 5.74) is 42.1. The van der Waals surface area contributed by atoms with Crippen LogP contribution in [0.15, 0.2) is 36.4 Å². The van der Waals surface area contributed by atoms with Crippen LogP contribution in [-0.2, 0) is 57.8 Å². The molecule has 0 saturated heterocycles. The number of aryl methyl sites for hydroxylation is 8. The molecule has 0 amide bonds. The largest absolute Gasteiger partial charge is 0.355 e. The fourth-order valence-corrected chi connectivity index (χ4v) is 15.1. The van der Waals surface area contributed by atoms with Crippen molar-refractivity contribution >= 4 is 88.7 Å². The average molecular weight is 1080 g/mol. The predicted molar refractivity (Wildman–Crippen MR) is 349 cm³/mol. The van der Waals surface area contributed by atoms with Crippen molar-refractivity contribution < 1.29 is 0 Å². The molecule has 0 aromatic carbocycles. The van der Waals surface area contributed by atoms with Gasteiger partial charge in [0.1, 0.15) is 0 Å². The van der Waals surface area contributed by atoms with Crippen LogP contribution >= 0.6 is 0 Å². The standard InChI is InChI=1S/C73H92N8/c1-17-40-44(21-5)62-36-66-48(25-9)52(29-13)70(78-66)56(71-53(30-14)49(26-10)67(79-71)37-63-45(22-6)41(18-2)59(75-63)34-58(40)74-62)33-57-72-54(31-15)50(27-11)68(80-72)38-64-46(23-7)42(19-3)60(76-64)35-61-43(20-4)47(24-8)65(77-61)39-69-51(28-12)55(32-16)73(57)81-69/h34-39,74,76,78,81H,17-33H2,1-16H3. The summed E-state index contributed by atoms with van der Waals surface area (Å²) in [6.07, 6.45) is 15.0. The fourth-order valence-electron chi connectivity index (χ4n) is 15.1. The normalized spacial score (nSPS) is 13.8. The summed E-state index contributed by atoms with van der Waals surface area (Å²) in [7, 11) is 0. The second-order valence-corrected chi connectivity index (χ2v) is 22.5. The molecule has 0 fully saturated rings. The highest BCUT2D eigenvalue weighted by Gasteiger charge is 2.30. The second kappa shape index (κ2) is 24.0. The van der Waals surface area contributed by atoms with E-state index in [1.807, 2.05) is 0 Å². The molecule has 4 aliphatic rings. The molecule has 4 aliphatic heterocycles. The summed E-state index contributed by atoms with van der Waals surface area (Å²) in [5.74, 6) is 0. The van der Waals surface area contributed by atoms with Crippen molar-refractivity contribution in [1.82, 2.24) is 39.9 Å². The molecule has 0 unspecified atom stereocenters.